The Morgan fingerprint density at radius 2 is 1.73 bits per heavy atom. The van der Waals surface area contributed by atoms with E-state index in [-0.39, 0.29) is 11.4 Å². The van der Waals surface area contributed by atoms with Crippen LogP contribution in [-0.2, 0) is 4.79 Å². The minimum atomic E-state index is -0.136. The van der Waals surface area contributed by atoms with Gasteiger partial charge in [0.15, 0.2) is 0 Å². The minimum absolute atomic E-state index is 0.0680. The van der Waals surface area contributed by atoms with Crippen LogP contribution < -0.4 is 10.6 Å². The summed E-state index contributed by atoms with van der Waals surface area (Å²) in [5.74, 6) is 1.33. The number of carbonyl (C=O) groups excluding carboxylic acids is 1. The van der Waals surface area contributed by atoms with E-state index in [1.807, 2.05) is 20.8 Å². The smallest absolute Gasteiger partial charge is 0.234 e. The van der Waals surface area contributed by atoms with Crippen molar-refractivity contribution in [3.8, 4) is 0 Å². The Morgan fingerprint density at radius 1 is 1.20 bits per heavy atom. The fourth-order valence-electron chi connectivity index (χ4n) is 1.11. The number of nitrogens with one attached hydrogen (secondary N) is 2. The molecule has 0 saturated carbocycles. The first-order valence-corrected chi connectivity index (χ1v) is 5.74. The van der Waals surface area contributed by atoms with E-state index in [9.17, 15) is 4.79 Å². The third kappa shape index (κ3) is 8.43. The van der Waals surface area contributed by atoms with E-state index in [4.69, 9.17) is 0 Å². The molecule has 15 heavy (non-hydrogen) atoms. The molecule has 1 amide bonds. The summed E-state index contributed by atoms with van der Waals surface area (Å²) in [4.78, 5) is 11.4. The first-order valence-electron chi connectivity index (χ1n) is 5.74. The molecule has 0 rings (SSSR count). The lowest BCUT2D eigenvalue weighted by Gasteiger charge is -2.21. The zero-order valence-electron chi connectivity index (χ0n) is 11.0. The number of carbonyl (C=O) groups is 1. The molecule has 0 aliphatic rings. The molecular formula is C12H26N2O. The molecule has 1 atom stereocenters. The Kier molecular flexibility index (Phi) is 5.88. The van der Waals surface area contributed by atoms with E-state index in [1.165, 1.54) is 0 Å². The highest BCUT2D eigenvalue weighted by atomic mass is 16.2. The maximum Gasteiger partial charge on any atom is 0.234 e. The molecule has 3 nitrogen and oxygen atoms in total. The SMILES string of the molecule is CC(C)C(C)CNCC(=O)NC(C)(C)C. The molecular weight excluding hydrogens is 188 g/mol. The van der Waals surface area contributed by atoms with Crippen LogP contribution in [0.5, 0.6) is 0 Å². The molecule has 90 valence electrons. The summed E-state index contributed by atoms with van der Waals surface area (Å²) in [6.45, 7) is 13.9. The van der Waals surface area contributed by atoms with Crippen molar-refractivity contribution < 1.29 is 4.79 Å². The van der Waals surface area contributed by atoms with E-state index in [2.05, 4.69) is 31.4 Å². The topological polar surface area (TPSA) is 41.1 Å². The third-order valence-electron chi connectivity index (χ3n) is 2.40. The van der Waals surface area contributed by atoms with Gasteiger partial charge in [-0.3, -0.25) is 4.79 Å². The normalized spacial score (nSPS) is 14.1. The fourth-order valence-corrected chi connectivity index (χ4v) is 1.11. The summed E-state index contributed by atoms with van der Waals surface area (Å²) in [5.41, 5.74) is -0.136. The van der Waals surface area contributed by atoms with E-state index >= 15 is 0 Å². The van der Waals surface area contributed by atoms with Gasteiger partial charge in [0.1, 0.15) is 0 Å². The van der Waals surface area contributed by atoms with Gasteiger partial charge >= 0.3 is 0 Å². The molecule has 0 fully saturated rings. The van der Waals surface area contributed by atoms with Crippen LogP contribution in [0.15, 0.2) is 0 Å². The van der Waals surface area contributed by atoms with Gasteiger partial charge in [-0.15, -0.1) is 0 Å². The highest BCUT2D eigenvalue weighted by molar-refractivity contribution is 5.78. The Labute approximate surface area is 94.0 Å². The van der Waals surface area contributed by atoms with Gasteiger partial charge in [0, 0.05) is 5.54 Å². The second-order valence-electron chi connectivity index (χ2n) is 5.65. The van der Waals surface area contributed by atoms with Gasteiger partial charge in [0.25, 0.3) is 0 Å². The highest BCUT2D eigenvalue weighted by Crippen LogP contribution is 2.07. The predicted molar refractivity (Wildman–Crippen MR) is 64.8 cm³/mol. The number of hydrogen-bond acceptors (Lipinski definition) is 2. The second kappa shape index (κ2) is 6.11. The summed E-state index contributed by atoms with van der Waals surface area (Å²) in [6.07, 6.45) is 0. The summed E-state index contributed by atoms with van der Waals surface area (Å²) >= 11 is 0. The molecule has 2 N–H and O–H groups in total. The van der Waals surface area contributed by atoms with Gasteiger partial charge in [0.2, 0.25) is 5.91 Å². The Morgan fingerprint density at radius 3 is 2.13 bits per heavy atom. The van der Waals surface area contributed by atoms with E-state index in [0.29, 0.717) is 18.4 Å². The first kappa shape index (κ1) is 14.4. The van der Waals surface area contributed by atoms with Crippen molar-refractivity contribution in [1.82, 2.24) is 10.6 Å². The summed E-state index contributed by atoms with van der Waals surface area (Å²) in [5, 5.41) is 6.10. The largest absolute Gasteiger partial charge is 0.350 e. The molecule has 0 radical (unpaired) electrons. The number of amides is 1. The molecule has 0 bridgehead atoms. The Bertz CT molecular complexity index is 194. The molecule has 0 aromatic heterocycles. The van der Waals surface area contributed by atoms with Crippen molar-refractivity contribution in [3.63, 3.8) is 0 Å². The first-order chi connectivity index (χ1) is 6.72. The van der Waals surface area contributed by atoms with Gasteiger partial charge in [-0.25, -0.2) is 0 Å². The van der Waals surface area contributed by atoms with Crippen LogP contribution in [0, 0.1) is 11.8 Å². The summed E-state index contributed by atoms with van der Waals surface area (Å²) in [6, 6.07) is 0. The van der Waals surface area contributed by atoms with Crippen molar-refractivity contribution in [2.24, 2.45) is 11.8 Å². The van der Waals surface area contributed by atoms with Crippen LogP contribution >= 0.6 is 0 Å². The van der Waals surface area contributed by atoms with Gasteiger partial charge in [0.05, 0.1) is 6.54 Å². The molecule has 0 spiro atoms. The zero-order valence-corrected chi connectivity index (χ0v) is 11.0. The van der Waals surface area contributed by atoms with E-state index in [0.717, 1.165) is 6.54 Å². The van der Waals surface area contributed by atoms with E-state index in [1.54, 1.807) is 0 Å². The second-order valence-corrected chi connectivity index (χ2v) is 5.65. The molecule has 0 aromatic carbocycles. The van der Waals surface area contributed by atoms with E-state index < -0.39 is 0 Å². The van der Waals surface area contributed by atoms with Gasteiger partial charge in [-0.05, 0) is 39.2 Å². The van der Waals surface area contributed by atoms with Gasteiger partial charge in [-0.1, -0.05) is 20.8 Å². The maximum atomic E-state index is 11.4. The maximum absolute atomic E-state index is 11.4. The number of hydrogen-bond donors (Lipinski definition) is 2. The lowest BCUT2D eigenvalue weighted by atomic mass is 9.98. The molecule has 0 aliphatic heterocycles. The van der Waals surface area contributed by atoms with Crippen LogP contribution in [0.1, 0.15) is 41.5 Å². The average Bonchev–Trinajstić information content (AvgIpc) is 2.00. The molecule has 0 aromatic rings. The van der Waals surface area contributed by atoms with Crippen molar-refractivity contribution in [3.05, 3.63) is 0 Å². The quantitative estimate of drug-likeness (QED) is 0.732. The molecule has 0 aliphatic carbocycles. The molecule has 1 unspecified atom stereocenters. The lowest BCUT2D eigenvalue weighted by molar-refractivity contribution is -0.121. The predicted octanol–water partition coefficient (Wildman–Crippen LogP) is 1.78. The Hall–Kier alpha value is -0.570. The highest BCUT2D eigenvalue weighted by Gasteiger charge is 2.13. The standard InChI is InChI=1S/C12H26N2O/c1-9(2)10(3)7-13-8-11(15)14-12(4,5)6/h9-10,13H,7-8H2,1-6H3,(H,14,15). The van der Waals surface area contributed by atoms with Crippen LogP contribution in [0.4, 0.5) is 0 Å². The average molecular weight is 214 g/mol. The Balaban J connectivity index is 3.65. The fraction of sp³-hybridized carbons (Fsp3) is 0.917. The molecule has 0 saturated heterocycles. The minimum Gasteiger partial charge on any atom is -0.350 e. The van der Waals surface area contributed by atoms with Gasteiger partial charge < -0.3 is 10.6 Å². The van der Waals surface area contributed by atoms with Crippen LogP contribution in [0.3, 0.4) is 0 Å². The summed E-state index contributed by atoms with van der Waals surface area (Å²) < 4.78 is 0. The van der Waals surface area contributed by atoms with Gasteiger partial charge in [-0.2, -0.15) is 0 Å². The van der Waals surface area contributed by atoms with Crippen molar-refractivity contribution in [1.29, 1.82) is 0 Å². The van der Waals surface area contributed by atoms with Crippen molar-refractivity contribution in [2.75, 3.05) is 13.1 Å². The summed E-state index contributed by atoms with van der Waals surface area (Å²) in [7, 11) is 0. The van der Waals surface area contributed by atoms with Crippen molar-refractivity contribution in [2.45, 2.75) is 47.1 Å². The lowest BCUT2D eigenvalue weighted by Crippen LogP contribution is -2.45. The molecule has 3 heteroatoms. The zero-order chi connectivity index (χ0) is 12.1. The van der Waals surface area contributed by atoms with Crippen LogP contribution in [0.25, 0.3) is 0 Å². The molecule has 0 heterocycles. The number of rotatable bonds is 5. The third-order valence-corrected chi connectivity index (χ3v) is 2.40. The monoisotopic (exact) mass is 214 g/mol. The van der Waals surface area contributed by atoms with Crippen LogP contribution in [0.2, 0.25) is 0 Å². The van der Waals surface area contributed by atoms with Crippen molar-refractivity contribution >= 4 is 5.91 Å². The van der Waals surface area contributed by atoms with Crippen LogP contribution in [-0.4, -0.2) is 24.5 Å².